The van der Waals surface area contributed by atoms with Crippen LogP contribution in [0.15, 0.2) is 22.8 Å². The van der Waals surface area contributed by atoms with Crippen molar-refractivity contribution in [1.82, 2.24) is 9.97 Å². The van der Waals surface area contributed by atoms with E-state index >= 15 is 0 Å². The SMILES string of the molecule is CCNc1nc(-c2c(F)ccc([N+](=O)[O-])c2F)ncc1Br. The monoisotopic (exact) mass is 358 g/mol. The van der Waals surface area contributed by atoms with Gasteiger partial charge in [-0.1, -0.05) is 0 Å². The molecule has 2 aromatic rings. The van der Waals surface area contributed by atoms with Crippen molar-refractivity contribution in [2.45, 2.75) is 6.92 Å². The smallest absolute Gasteiger partial charge is 0.305 e. The maximum atomic E-state index is 14.1. The van der Waals surface area contributed by atoms with Crippen LogP contribution in [0.5, 0.6) is 0 Å². The molecule has 0 aliphatic rings. The third-order valence-electron chi connectivity index (χ3n) is 2.58. The summed E-state index contributed by atoms with van der Waals surface area (Å²) in [5, 5.41) is 13.6. The predicted molar refractivity (Wildman–Crippen MR) is 75.9 cm³/mol. The van der Waals surface area contributed by atoms with Crippen LogP contribution in [0.1, 0.15) is 6.92 Å². The highest BCUT2D eigenvalue weighted by Crippen LogP contribution is 2.31. The molecule has 1 N–H and O–H groups in total. The maximum absolute atomic E-state index is 14.1. The molecule has 0 aliphatic carbocycles. The lowest BCUT2D eigenvalue weighted by molar-refractivity contribution is -0.387. The standard InChI is InChI=1S/C12H9BrF2N4O2/c1-2-16-11-6(13)5-17-12(18-11)9-7(14)3-4-8(10(9)15)19(20)21/h3-5H,2H2,1H3,(H,16,17,18). The summed E-state index contributed by atoms with van der Waals surface area (Å²) in [7, 11) is 0. The van der Waals surface area contributed by atoms with Crippen molar-refractivity contribution in [3.05, 3.63) is 44.6 Å². The Bertz CT molecular complexity index is 712. The molecule has 0 saturated carbocycles. The van der Waals surface area contributed by atoms with Crippen LogP contribution >= 0.6 is 15.9 Å². The average Bonchev–Trinajstić information content (AvgIpc) is 2.42. The molecule has 0 saturated heterocycles. The van der Waals surface area contributed by atoms with E-state index in [-0.39, 0.29) is 5.82 Å². The summed E-state index contributed by atoms with van der Waals surface area (Å²) in [4.78, 5) is 17.6. The molecule has 9 heteroatoms. The number of anilines is 1. The van der Waals surface area contributed by atoms with Crippen molar-refractivity contribution in [2.24, 2.45) is 0 Å². The highest BCUT2D eigenvalue weighted by Gasteiger charge is 2.24. The zero-order chi connectivity index (χ0) is 15.6. The first-order valence-electron chi connectivity index (χ1n) is 5.84. The van der Waals surface area contributed by atoms with E-state index in [1.807, 2.05) is 6.92 Å². The second-order valence-electron chi connectivity index (χ2n) is 3.93. The first-order valence-corrected chi connectivity index (χ1v) is 6.64. The zero-order valence-electron chi connectivity index (χ0n) is 10.7. The highest BCUT2D eigenvalue weighted by molar-refractivity contribution is 9.10. The van der Waals surface area contributed by atoms with E-state index in [9.17, 15) is 18.9 Å². The normalized spacial score (nSPS) is 10.5. The van der Waals surface area contributed by atoms with Gasteiger partial charge < -0.3 is 5.32 Å². The lowest BCUT2D eigenvalue weighted by Gasteiger charge is -2.08. The Morgan fingerprint density at radius 2 is 2.14 bits per heavy atom. The van der Waals surface area contributed by atoms with E-state index in [1.165, 1.54) is 6.20 Å². The highest BCUT2D eigenvalue weighted by atomic mass is 79.9. The molecule has 0 radical (unpaired) electrons. The summed E-state index contributed by atoms with van der Waals surface area (Å²) in [5.74, 6) is -2.20. The fraction of sp³-hybridized carbons (Fsp3) is 0.167. The van der Waals surface area contributed by atoms with Gasteiger partial charge in [0.05, 0.1) is 15.0 Å². The van der Waals surface area contributed by atoms with E-state index in [1.54, 1.807) is 0 Å². The van der Waals surface area contributed by atoms with Gasteiger partial charge in [-0.15, -0.1) is 0 Å². The minimum atomic E-state index is -1.30. The Hall–Kier alpha value is -2.16. The van der Waals surface area contributed by atoms with Gasteiger partial charge in [-0.2, -0.15) is 4.39 Å². The number of benzene rings is 1. The van der Waals surface area contributed by atoms with Gasteiger partial charge in [-0.3, -0.25) is 10.1 Å². The van der Waals surface area contributed by atoms with E-state index in [0.717, 1.165) is 12.1 Å². The minimum Gasteiger partial charge on any atom is -0.369 e. The van der Waals surface area contributed by atoms with Crippen LogP contribution in [0, 0.1) is 21.7 Å². The number of halogens is 3. The predicted octanol–water partition coefficient (Wildman–Crippen LogP) is 3.52. The van der Waals surface area contributed by atoms with Crippen molar-refractivity contribution in [1.29, 1.82) is 0 Å². The summed E-state index contributed by atoms with van der Waals surface area (Å²) >= 11 is 3.20. The van der Waals surface area contributed by atoms with Crippen LogP contribution in [0.2, 0.25) is 0 Å². The van der Waals surface area contributed by atoms with Gasteiger partial charge in [0.25, 0.3) is 0 Å². The van der Waals surface area contributed by atoms with Gasteiger partial charge in [-0.05, 0) is 28.9 Å². The third-order valence-corrected chi connectivity index (χ3v) is 3.16. The molecule has 21 heavy (non-hydrogen) atoms. The maximum Gasteiger partial charge on any atom is 0.305 e. The molecule has 0 amide bonds. The second kappa shape index (κ2) is 6.08. The van der Waals surface area contributed by atoms with E-state index in [0.29, 0.717) is 16.8 Å². The molecule has 2 rings (SSSR count). The van der Waals surface area contributed by atoms with Crippen LogP contribution in [0.4, 0.5) is 20.3 Å². The molecule has 0 atom stereocenters. The van der Waals surface area contributed by atoms with Crippen LogP contribution in [-0.4, -0.2) is 21.4 Å². The van der Waals surface area contributed by atoms with E-state index in [4.69, 9.17) is 0 Å². The Morgan fingerprint density at radius 3 is 2.76 bits per heavy atom. The summed E-state index contributed by atoms with van der Waals surface area (Å²) in [5.41, 5.74) is -1.46. The van der Waals surface area contributed by atoms with Gasteiger partial charge in [0.2, 0.25) is 5.82 Å². The molecule has 110 valence electrons. The van der Waals surface area contributed by atoms with Crippen molar-refractivity contribution in [2.75, 3.05) is 11.9 Å². The molecular formula is C12H9BrF2N4O2. The fourth-order valence-electron chi connectivity index (χ4n) is 1.67. The molecule has 1 heterocycles. The first kappa shape index (κ1) is 15.2. The summed E-state index contributed by atoms with van der Waals surface area (Å²) in [6, 6.07) is 1.58. The van der Waals surface area contributed by atoms with Crippen molar-refractivity contribution >= 4 is 27.4 Å². The number of hydrogen-bond donors (Lipinski definition) is 1. The van der Waals surface area contributed by atoms with Crippen LogP contribution in [0.3, 0.4) is 0 Å². The van der Waals surface area contributed by atoms with Crippen molar-refractivity contribution < 1.29 is 13.7 Å². The van der Waals surface area contributed by atoms with Gasteiger partial charge in [0.1, 0.15) is 11.6 Å². The third kappa shape index (κ3) is 2.97. The summed E-state index contributed by atoms with van der Waals surface area (Å²) in [6.07, 6.45) is 1.32. The molecule has 6 nitrogen and oxygen atoms in total. The van der Waals surface area contributed by atoms with Crippen molar-refractivity contribution in [3.8, 4) is 11.4 Å². The summed E-state index contributed by atoms with van der Waals surface area (Å²) < 4.78 is 28.4. The van der Waals surface area contributed by atoms with Crippen LogP contribution < -0.4 is 5.32 Å². The summed E-state index contributed by atoms with van der Waals surface area (Å²) in [6.45, 7) is 2.36. The Morgan fingerprint density at radius 1 is 1.43 bits per heavy atom. The first-order chi connectivity index (χ1) is 9.95. The largest absolute Gasteiger partial charge is 0.369 e. The van der Waals surface area contributed by atoms with E-state index < -0.39 is 27.8 Å². The Kier molecular flexibility index (Phi) is 4.41. The minimum absolute atomic E-state index is 0.271. The molecule has 0 bridgehead atoms. The number of nitro benzene ring substituents is 1. The Labute approximate surface area is 126 Å². The number of aromatic nitrogens is 2. The fourth-order valence-corrected chi connectivity index (χ4v) is 2.00. The van der Waals surface area contributed by atoms with Crippen LogP contribution in [0.25, 0.3) is 11.4 Å². The van der Waals surface area contributed by atoms with E-state index in [2.05, 4.69) is 31.2 Å². The van der Waals surface area contributed by atoms with Gasteiger partial charge in [-0.25, -0.2) is 14.4 Å². The molecule has 0 fully saturated rings. The number of nitrogens with one attached hydrogen (secondary N) is 1. The molecule has 0 spiro atoms. The number of nitrogens with zero attached hydrogens (tertiary/aromatic N) is 3. The molecular weight excluding hydrogens is 350 g/mol. The number of nitro groups is 1. The number of rotatable bonds is 4. The molecule has 0 unspecified atom stereocenters. The lowest BCUT2D eigenvalue weighted by atomic mass is 10.1. The Balaban J connectivity index is 2.64. The van der Waals surface area contributed by atoms with Gasteiger partial charge >= 0.3 is 5.69 Å². The molecule has 1 aromatic heterocycles. The quantitative estimate of drug-likeness (QED) is 0.667. The number of hydrogen-bond acceptors (Lipinski definition) is 5. The van der Waals surface area contributed by atoms with Crippen LogP contribution in [-0.2, 0) is 0 Å². The zero-order valence-corrected chi connectivity index (χ0v) is 12.3. The molecule has 0 aliphatic heterocycles. The average molecular weight is 359 g/mol. The van der Waals surface area contributed by atoms with Crippen molar-refractivity contribution in [3.63, 3.8) is 0 Å². The van der Waals surface area contributed by atoms with Gasteiger partial charge in [0, 0.05) is 18.8 Å². The topological polar surface area (TPSA) is 81.0 Å². The molecule has 1 aromatic carbocycles. The second-order valence-corrected chi connectivity index (χ2v) is 4.79. The van der Waals surface area contributed by atoms with Gasteiger partial charge in [0.15, 0.2) is 5.82 Å². The lowest BCUT2D eigenvalue weighted by Crippen LogP contribution is -2.05.